The minimum absolute atomic E-state index is 0.151. The van der Waals surface area contributed by atoms with Crippen molar-refractivity contribution >= 4 is 11.6 Å². The molecule has 124 valence electrons. The van der Waals surface area contributed by atoms with Gasteiger partial charge in [-0.3, -0.25) is 0 Å². The highest BCUT2D eigenvalue weighted by molar-refractivity contribution is 5.92. The molecular formula is C17H24N4O2. The predicted molar refractivity (Wildman–Crippen MR) is 91.7 cm³/mol. The summed E-state index contributed by atoms with van der Waals surface area (Å²) in [5.41, 5.74) is 7.65. The second-order valence-corrected chi connectivity index (χ2v) is 5.89. The summed E-state index contributed by atoms with van der Waals surface area (Å²) in [5.74, 6) is 2.17. The van der Waals surface area contributed by atoms with Crippen LogP contribution < -0.4 is 15.8 Å². The first kappa shape index (κ1) is 16.9. The van der Waals surface area contributed by atoms with E-state index in [1.165, 1.54) is 0 Å². The molecule has 23 heavy (non-hydrogen) atoms. The van der Waals surface area contributed by atoms with Crippen molar-refractivity contribution in [3.63, 3.8) is 0 Å². The van der Waals surface area contributed by atoms with Crippen LogP contribution in [0.1, 0.15) is 45.1 Å². The van der Waals surface area contributed by atoms with Gasteiger partial charge in [0, 0.05) is 11.8 Å². The number of nitrogens with one attached hydrogen (secondary N) is 1. The summed E-state index contributed by atoms with van der Waals surface area (Å²) in [7, 11) is 0. The fraction of sp³-hybridized carbons (Fsp3) is 0.412. The minimum Gasteiger partial charge on any atom is -0.491 e. The lowest BCUT2D eigenvalue weighted by atomic mass is 10.1. The molecule has 2 aromatic rings. The van der Waals surface area contributed by atoms with Gasteiger partial charge in [-0.05, 0) is 44.0 Å². The van der Waals surface area contributed by atoms with Gasteiger partial charge in [0.1, 0.15) is 12.3 Å². The van der Waals surface area contributed by atoms with Crippen molar-refractivity contribution in [2.45, 2.75) is 46.3 Å². The van der Waals surface area contributed by atoms with Crippen LogP contribution in [0.5, 0.6) is 5.75 Å². The molecule has 0 radical (unpaired) electrons. The molecule has 1 aromatic carbocycles. The first-order valence-electron chi connectivity index (χ1n) is 7.73. The summed E-state index contributed by atoms with van der Waals surface area (Å²) in [6, 6.07) is 9.47. The Morgan fingerprint density at radius 2 is 1.96 bits per heavy atom. The summed E-state index contributed by atoms with van der Waals surface area (Å²) in [5, 5.41) is 7.02. The van der Waals surface area contributed by atoms with Gasteiger partial charge < -0.3 is 20.3 Å². The molecule has 0 aliphatic heterocycles. The third-order valence-corrected chi connectivity index (χ3v) is 3.07. The van der Waals surface area contributed by atoms with E-state index >= 15 is 0 Å². The van der Waals surface area contributed by atoms with Crippen LogP contribution in [-0.2, 0) is 6.54 Å². The van der Waals surface area contributed by atoms with E-state index in [1.807, 2.05) is 44.2 Å². The number of benzene rings is 1. The number of aromatic nitrogens is 1. The summed E-state index contributed by atoms with van der Waals surface area (Å²) < 4.78 is 10.8. The van der Waals surface area contributed by atoms with E-state index in [0.29, 0.717) is 24.2 Å². The second kappa shape index (κ2) is 7.67. The Bertz CT molecular complexity index is 645. The monoisotopic (exact) mass is 316 g/mol. The molecular weight excluding hydrogens is 292 g/mol. The number of rotatable bonds is 6. The van der Waals surface area contributed by atoms with Crippen LogP contribution in [0.3, 0.4) is 0 Å². The van der Waals surface area contributed by atoms with E-state index in [0.717, 1.165) is 17.1 Å². The molecule has 0 amide bonds. The molecule has 0 atom stereocenters. The van der Waals surface area contributed by atoms with Crippen LogP contribution in [0.25, 0.3) is 0 Å². The van der Waals surface area contributed by atoms with Crippen LogP contribution in [0.15, 0.2) is 39.8 Å². The van der Waals surface area contributed by atoms with E-state index in [4.69, 9.17) is 15.0 Å². The fourth-order valence-corrected chi connectivity index (χ4v) is 1.92. The second-order valence-electron chi connectivity index (χ2n) is 5.89. The molecule has 6 nitrogen and oxygen atoms in total. The molecule has 0 spiro atoms. The van der Waals surface area contributed by atoms with Crippen LogP contribution in [0, 0.1) is 0 Å². The number of guanidine groups is 1. The molecule has 0 unspecified atom stereocenters. The van der Waals surface area contributed by atoms with Crippen molar-refractivity contribution in [3.8, 4) is 5.75 Å². The van der Waals surface area contributed by atoms with Crippen molar-refractivity contribution in [2.24, 2.45) is 10.7 Å². The van der Waals surface area contributed by atoms with E-state index in [-0.39, 0.29) is 6.10 Å². The van der Waals surface area contributed by atoms with E-state index in [9.17, 15) is 0 Å². The molecule has 0 fully saturated rings. The largest absolute Gasteiger partial charge is 0.491 e. The molecule has 0 aliphatic rings. The maximum absolute atomic E-state index is 5.88. The van der Waals surface area contributed by atoms with E-state index in [2.05, 4.69) is 29.3 Å². The highest BCUT2D eigenvalue weighted by Crippen LogP contribution is 2.17. The molecule has 6 heteroatoms. The topological polar surface area (TPSA) is 85.7 Å². The number of anilines is 1. The van der Waals surface area contributed by atoms with Crippen LogP contribution in [-0.4, -0.2) is 17.2 Å². The average molecular weight is 316 g/mol. The fourth-order valence-electron chi connectivity index (χ4n) is 1.92. The third kappa shape index (κ3) is 5.32. The van der Waals surface area contributed by atoms with Crippen LogP contribution >= 0.6 is 0 Å². The van der Waals surface area contributed by atoms with Crippen molar-refractivity contribution < 1.29 is 9.26 Å². The van der Waals surface area contributed by atoms with E-state index in [1.54, 1.807) is 0 Å². The molecule has 3 N–H and O–H groups in total. The molecule has 0 saturated carbocycles. The molecule has 0 bridgehead atoms. The Morgan fingerprint density at radius 1 is 1.26 bits per heavy atom. The van der Waals surface area contributed by atoms with E-state index < -0.39 is 0 Å². The van der Waals surface area contributed by atoms with Crippen molar-refractivity contribution in [1.82, 2.24) is 5.16 Å². The molecule has 0 saturated heterocycles. The van der Waals surface area contributed by atoms with Gasteiger partial charge in [0.25, 0.3) is 0 Å². The minimum atomic E-state index is 0.151. The maximum Gasteiger partial charge on any atom is 0.193 e. The Balaban J connectivity index is 1.91. The molecule has 2 rings (SSSR count). The summed E-state index contributed by atoms with van der Waals surface area (Å²) in [6.45, 7) is 8.46. The molecule has 1 aromatic heterocycles. The standard InChI is InChI=1S/C17H24N4O2/c1-11(2)16-9-15(23-21-16)10-19-17(18)20-13-5-7-14(8-6-13)22-12(3)4/h5-9,11-12H,10H2,1-4H3,(H3,18,19,20). The molecule has 0 aliphatic carbocycles. The smallest absolute Gasteiger partial charge is 0.193 e. The van der Waals surface area contributed by atoms with Gasteiger partial charge in [0.2, 0.25) is 0 Å². The van der Waals surface area contributed by atoms with Gasteiger partial charge in [-0.1, -0.05) is 19.0 Å². The van der Waals surface area contributed by atoms with Gasteiger partial charge in [-0.2, -0.15) is 0 Å². The van der Waals surface area contributed by atoms with Gasteiger partial charge in [-0.25, -0.2) is 4.99 Å². The SMILES string of the molecule is CC(C)Oc1ccc(NC(N)=NCc2cc(C(C)C)no2)cc1. The lowest BCUT2D eigenvalue weighted by Gasteiger charge is -2.10. The summed E-state index contributed by atoms with van der Waals surface area (Å²) in [6.07, 6.45) is 0.151. The number of hydrogen-bond acceptors (Lipinski definition) is 4. The van der Waals surface area contributed by atoms with Crippen molar-refractivity contribution in [1.29, 1.82) is 0 Å². The van der Waals surface area contributed by atoms with Gasteiger partial charge in [0.05, 0.1) is 11.8 Å². The zero-order chi connectivity index (χ0) is 16.8. The average Bonchev–Trinajstić information content (AvgIpc) is 2.96. The number of nitrogens with zero attached hydrogens (tertiary/aromatic N) is 2. The Hall–Kier alpha value is -2.50. The highest BCUT2D eigenvalue weighted by atomic mass is 16.5. The predicted octanol–water partition coefficient (Wildman–Crippen LogP) is 3.51. The number of hydrogen-bond donors (Lipinski definition) is 2. The Labute approximate surface area is 136 Å². The first-order valence-corrected chi connectivity index (χ1v) is 7.73. The number of aliphatic imine (C=N–C) groups is 1. The van der Waals surface area contributed by atoms with Gasteiger partial charge in [-0.15, -0.1) is 0 Å². The lowest BCUT2D eigenvalue weighted by Crippen LogP contribution is -2.22. The summed E-state index contributed by atoms with van der Waals surface area (Å²) >= 11 is 0. The van der Waals surface area contributed by atoms with Crippen LogP contribution in [0.2, 0.25) is 0 Å². The summed E-state index contributed by atoms with van der Waals surface area (Å²) in [4.78, 5) is 4.25. The Morgan fingerprint density at radius 3 is 2.52 bits per heavy atom. The number of nitrogens with two attached hydrogens (primary N) is 1. The third-order valence-electron chi connectivity index (χ3n) is 3.07. The quantitative estimate of drug-likeness (QED) is 0.629. The molecule has 1 heterocycles. The van der Waals surface area contributed by atoms with Crippen molar-refractivity contribution in [2.75, 3.05) is 5.32 Å². The zero-order valence-electron chi connectivity index (χ0n) is 14.0. The Kier molecular flexibility index (Phi) is 5.62. The van der Waals surface area contributed by atoms with Crippen molar-refractivity contribution in [3.05, 3.63) is 41.8 Å². The maximum atomic E-state index is 5.88. The normalized spacial score (nSPS) is 12.0. The van der Waals surface area contributed by atoms with Gasteiger partial charge >= 0.3 is 0 Å². The zero-order valence-corrected chi connectivity index (χ0v) is 14.0. The van der Waals surface area contributed by atoms with Crippen LogP contribution in [0.4, 0.5) is 5.69 Å². The van der Waals surface area contributed by atoms with Gasteiger partial charge in [0.15, 0.2) is 11.7 Å². The number of ether oxygens (including phenoxy) is 1. The highest BCUT2D eigenvalue weighted by Gasteiger charge is 2.07. The first-order chi connectivity index (χ1) is 10.9. The lowest BCUT2D eigenvalue weighted by molar-refractivity contribution is 0.242.